The summed E-state index contributed by atoms with van der Waals surface area (Å²) in [4.78, 5) is 12.9. The molecule has 0 spiro atoms. The van der Waals surface area contributed by atoms with E-state index in [1.165, 1.54) is 0 Å². The molecule has 0 unspecified atom stereocenters. The van der Waals surface area contributed by atoms with Crippen LogP contribution in [-0.2, 0) is 0 Å². The molecule has 0 aliphatic heterocycles. The van der Waals surface area contributed by atoms with Crippen molar-refractivity contribution >= 4 is 22.7 Å². The molecule has 0 amide bonds. The number of H-pyrrole nitrogens is 1. The summed E-state index contributed by atoms with van der Waals surface area (Å²) in [6, 6.07) is 5.71. The van der Waals surface area contributed by atoms with E-state index in [0.29, 0.717) is 11.5 Å². The van der Waals surface area contributed by atoms with Gasteiger partial charge in [-0.15, -0.1) is 0 Å². The molecule has 3 rings (SSSR count). The molecule has 90 valence electrons. The van der Waals surface area contributed by atoms with Crippen molar-refractivity contribution in [3.63, 3.8) is 0 Å². The van der Waals surface area contributed by atoms with Crippen LogP contribution in [0.3, 0.4) is 0 Å². The number of hydrogen-bond donors (Lipinski definition) is 2. The van der Waals surface area contributed by atoms with Crippen molar-refractivity contribution in [3.05, 3.63) is 35.9 Å². The van der Waals surface area contributed by atoms with Crippen LogP contribution in [0.2, 0.25) is 0 Å². The first-order valence-electron chi connectivity index (χ1n) is 5.61. The summed E-state index contributed by atoms with van der Waals surface area (Å²) < 4.78 is 0. The number of pyridine rings is 1. The summed E-state index contributed by atoms with van der Waals surface area (Å²) in [6.07, 6.45) is 1.72. The number of aromatic nitrogens is 5. The zero-order chi connectivity index (χ0) is 12.5. The second-order valence-corrected chi connectivity index (χ2v) is 4.06. The van der Waals surface area contributed by atoms with E-state index in [1.54, 1.807) is 6.20 Å². The Morgan fingerprint density at radius 2 is 2.11 bits per heavy atom. The number of rotatable bonds is 2. The van der Waals surface area contributed by atoms with Crippen LogP contribution in [0.25, 0.3) is 11.0 Å². The number of hydrogen-bond acceptors (Lipinski definition) is 5. The van der Waals surface area contributed by atoms with E-state index in [4.69, 9.17) is 0 Å². The fraction of sp³-hybridized carbons (Fsp3) is 0.167. The molecule has 18 heavy (non-hydrogen) atoms. The van der Waals surface area contributed by atoms with Crippen LogP contribution in [-0.4, -0.2) is 25.1 Å². The number of nitrogens with one attached hydrogen (secondary N) is 2. The predicted molar refractivity (Wildman–Crippen MR) is 68.7 cm³/mol. The Labute approximate surface area is 104 Å². The van der Waals surface area contributed by atoms with E-state index >= 15 is 0 Å². The van der Waals surface area contributed by atoms with Gasteiger partial charge in [-0.3, -0.25) is 5.10 Å². The van der Waals surface area contributed by atoms with Crippen molar-refractivity contribution < 1.29 is 0 Å². The molecule has 6 nitrogen and oxygen atoms in total. The van der Waals surface area contributed by atoms with Gasteiger partial charge >= 0.3 is 0 Å². The molecule has 3 heterocycles. The van der Waals surface area contributed by atoms with Gasteiger partial charge in [0.05, 0.1) is 5.39 Å². The highest BCUT2D eigenvalue weighted by Crippen LogP contribution is 2.21. The van der Waals surface area contributed by atoms with Gasteiger partial charge in [-0.2, -0.15) is 5.10 Å². The van der Waals surface area contributed by atoms with E-state index in [9.17, 15) is 0 Å². The molecule has 2 N–H and O–H groups in total. The first kappa shape index (κ1) is 10.6. The Kier molecular flexibility index (Phi) is 2.40. The summed E-state index contributed by atoms with van der Waals surface area (Å²) >= 11 is 0. The summed E-state index contributed by atoms with van der Waals surface area (Å²) in [5.41, 5.74) is 1.67. The predicted octanol–water partition coefficient (Wildman–Crippen LogP) is 2.11. The van der Waals surface area contributed by atoms with E-state index in [-0.39, 0.29) is 0 Å². The molecule has 0 aliphatic carbocycles. The average Bonchev–Trinajstić information content (AvgIpc) is 2.74. The summed E-state index contributed by atoms with van der Waals surface area (Å²) in [6.45, 7) is 3.79. The van der Waals surface area contributed by atoms with Gasteiger partial charge in [0.1, 0.15) is 11.6 Å². The lowest BCUT2D eigenvalue weighted by molar-refractivity contribution is 1.04. The summed E-state index contributed by atoms with van der Waals surface area (Å²) in [5, 5.41) is 11.1. The highest BCUT2D eigenvalue weighted by Gasteiger charge is 2.07. The van der Waals surface area contributed by atoms with Crippen LogP contribution in [0, 0.1) is 13.8 Å². The van der Waals surface area contributed by atoms with Crippen LogP contribution in [0.15, 0.2) is 24.4 Å². The number of nitrogens with zero attached hydrogens (tertiary/aromatic N) is 4. The molecule has 0 radical (unpaired) electrons. The van der Waals surface area contributed by atoms with Crippen molar-refractivity contribution in [3.8, 4) is 0 Å². The monoisotopic (exact) mass is 240 g/mol. The standard InChI is InChI=1S/C12H12N6/c1-7-6-10(18-17-7)16-12-9-4-3-5-13-11(9)14-8(2)15-12/h3-6H,1-2H3,(H2,13,14,15,16,17,18). The number of fused-ring (bicyclic) bond motifs is 1. The molecule has 0 fully saturated rings. The van der Waals surface area contributed by atoms with Crippen molar-refractivity contribution in [1.29, 1.82) is 0 Å². The Bertz CT molecular complexity index is 703. The van der Waals surface area contributed by atoms with Crippen molar-refractivity contribution in [1.82, 2.24) is 25.1 Å². The third-order valence-corrected chi connectivity index (χ3v) is 2.54. The lowest BCUT2D eigenvalue weighted by Gasteiger charge is -2.06. The third kappa shape index (κ3) is 1.88. The zero-order valence-corrected chi connectivity index (χ0v) is 10.1. The first-order chi connectivity index (χ1) is 8.72. The minimum atomic E-state index is 0.677. The van der Waals surface area contributed by atoms with Crippen molar-refractivity contribution in [2.75, 3.05) is 5.32 Å². The second-order valence-electron chi connectivity index (χ2n) is 4.06. The normalized spacial score (nSPS) is 10.8. The molecule has 0 bridgehead atoms. The van der Waals surface area contributed by atoms with Crippen LogP contribution >= 0.6 is 0 Å². The number of anilines is 2. The van der Waals surface area contributed by atoms with Crippen LogP contribution in [0.4, 0.5) is 11.6 Å². The molecule has 0 aromatic carbocycles. The van der Waals surface area contributed by atoms with Gasteiger partial charge in [-0.25, -0.2) is 15.0 Å². The van der Waals surface area contributed by atoms with Gasteiger partial charge in [0.2, 0.25) is 0 Å². The van der Waals surface area contributed by atoms with Crippen molar-refractivity contribution in [2.45, 2.75) is 13.8 Å². The largest absolute Gasteiger partial charge is 0.323 e. The third-order valence-electron chi connectivity index (χ3n) is 2.54. The molecular formula is C12H12N6. The molecule has 0 atom stereocenters. The van der Waals surface area contributed by atoms with Gasteiger partial charge in [0.25, 0.3) is 0 Å². The molecule has 3 aromatic heterocycles. The fourth-order valence-corrected chi connectivity index (χ4v) is 1.77. The van der Waals surface area contributed by atoms with Gasteiger partial charge in [0, 0.05) is 18.0 Å². The van der Waals surface area contributed by atoms with Gasteiger partial charge in [-0.05, 0) is 26.0 Å². The van der Waals surface area contributed by atoms with Gasteiger partial charge in [-0.1, -0.05) is 0 Å². The maximum Gasteiger partial charge on any atom is 0.164 e. The Hall–Kier alpha value is -2.50. The SMILES string of the molecule is Cc1nc(Nc2cc(C)[nH]n2)c2cccnc2n1. The second kappa shape index (κ2) is 4.06. The van der Waals surface area contributed by atoms with Gasteiger partial charge < -0.3 is 5.32 Å². The molecule has 0 saturated carbocycles. The Balaban J connectivity index is 2.10. The van der Waals surface area contributed by atoms with Crippen molar-refractivity contribution in [2.24, 2.45) is 0 Å². The molecule has 6 heteroatoms. The Morgan fingerprint density at radius 3 is 2.89 bits per heavy atom. The number of aryl methyl sites for hydroxylation is 2. The molecule has 0 saturated heterocycles. The smallest absolute Gasteiger partial charge is 0.164 e. The van der Waals surface area contributed by atoms with Gasteiger partial charge in [0.15, 0.2) is 11.5 Å². The average molecular weight is 240 g/mol. The maximum atomic E-state index is 4.39. The fourth-order valence-electron chi connectivity index (χ4n) is 1.77. The Morgan fingerprint density at radius 1 is 1.22 bits per heavy atom. The highest BCUT2D eigenvalue weighted by molar-refractivity contribution is 5.87. The molecule has 3 aromatic rings. The maximum absolute atomic E-state index is 4.39. The first-order valence-corrected chi connectivity index (χ1v) is 5.61. The lowest BCUT2D eigenvalue weighted by Crippen LogP contribution is -2.00. The van der Waals surface area contributed by atoms with Crippen LogP contribution in [0.1, 0.15) is 11.5 Å². The van der Waals surface area contributed by atoms with E-state index in [1.807, 2.05) is 32.0 Å². The van der Waals surface area contributed by atoms with Crippen LogP contribution < -0.4 is 5.32 Å². The van der Waals surface area contributed by atoms with Crippen LogP contribution in [0.5, 0.6) is 0 Å². The minimum Gasteiger partial charge on any atom is -0.323 e. The quantitative estimate of drug-likeness (QED) is 0.717. The lowest BCUT2D eigenvalue weighted by atomic mass is 10.3. The topological polar surface area (TPSA) is 79.4 Å². The van der Waals surface area contributed by atoms with E-state index in [2.05, 4.69) is 30.5 Å². The number of aromatic amines is 1. The molecule has 0 aliphatic rings. The van der Waals surface area contributed by atoms with E-state index < -0.39 is 0 Å². The zero-order valence-electron chi connectivity index (χ0n) is 10.1. The minimum absolute atomic E-state index is 0.677. The highest BCUT2D eigenvalue weighted by atomic mass is 15.2. The molecular weight excluding hydrogens is 228 g/mol. The van der Waals surface area contributed by atoms with E-state index in [0.717, 1.165) is 22.7 Å². The summed E-state index contributed by atoms with van der Waals surface area (Å²) in [5.74, 6) is 2.13. The summed E-state index contributed by atoms with van der Waals surface area (Å²) in [7, 11) is 0.